The molecule has 0 spiro atoms. The Morgan fingerprint density at radius 3 is 2.32 bits per heavy atom. The van der Waals surface area contributed by atoms with E-state index in [-0.39, 0.29) is 11.3 Å². The second kappa shape index (κ2) is 7.48. The van der Waals surface area contributed by atoms with Gasteiger partial charge in [0.15, 0.2) is 9.84 Å². The number of carbonyl (C=O) groups excluding carboxylic acids is 1. The van der Waals surface area contributed by atoms with Gasteiger partial charge in [0.05, 0.1) is 10.8 Å². The predicted molar refractivity (Wildman–Crippen MR) is 94.4 cm³/mol. The summed E-state index contributed by atoms with van der Waals surface area (Å²) in [5.74, 6) is -2.56. The SMILES string of the molecule is Cc1ccc(S(C)(=O)=O)cc1NC(=O)C[C@@H](C(=O)O)c1ccccc1. The second-order valence-electron chi connectivity index (χ2n) is 5.80. The summed E-state index contributed by atoms with van der Waals surface area (Å²) in [6.07, 6.45) is 0.834. The molecule has 0 saturated carbocycles. The molecule has 0 bridgehead atoms. The summed E-state index contributed by atoms with van der Waals surface area (Å²) < 4.78 is 23.3. The van der Waals surface area contributed by atoms with Crippen molar-refractivity contribution in [3.05, 3.63) is 59.7 Å². The van der Waals surface area contributed by atoms with Crippen molar-refractivity contribution in [2.75, 3.05) is 11.6 Å². The highest BCUT2D eigenvalue weighted by molar-refractivity contribution is 7.90. The van der Waals surface area contributed by atoms with Crippen LogP contribution in [0.2, 0.25) is 0 Å². The van der Waals surface area contributed by atoms with E-state index < -0.39 is 27.6 Å². The van der Waals surface area contributed by atoms with Crippen molar-refractivity contribution in [1.82, 2.24) is 0 Å². The van der Waals surface area contributed by atoms with Gasteiger partial charge < -0.3 is 10.4 Å². The van der Waals surface area contributed by atoms with Crippen LogP contribution in [0.5, 0.6) is 0 Å². The van der Waals surface area contributed by atoms with Crippen LogP contribution in [-0.4, -0.2) is 31.7 Å². The molecular formula is C18H19NO5S. The number of hydrogen-bond donors (Lipinski definition) is 2. The van der Waals surface area contributed by atoms with Crippen molar-refractivity contribution >= 4 is 27.4 Å². The molecule has 132 valence electrons. The van der Waals surface area contributed by atoms with E-state index in [0.29, 0.717) is 16.8 Å². The quantitative estimate of drug-likeness (QED) is 0.824. The molecule has 0 saturated heterocycles. The molecule has 0 unspecified atom stereocenters. The molecule has 0 heterocycles. The van der Waals surface area contributed by atoms with Gasteiger partial charge in [-0.25, -0.2) is 8.42 Å². The minimum atomic E-state index is -3.40. The van der Waals surface area contributed by atoms with Crippen molar-refractivity contribution in [1.29, 1.82) is 0 Å². The molecule has 0 aromatic heterocycles. The molecular weight excluding hydrogens is 342 g/mol. The van der Waals surface area contributed by atoms with Crippen LogP contribution in [-0.2, 0) is 19.4 Å². The number of carboxylic acids is 1. The first-order chi connectivity index (χ1) is 11.7. The molecule has 1 amide bonds. The Morgan fingerprint density at radius 2 is 1.76 bits per heavy atom. The highest BCUT2D eigenvalue weighted by Crippen LogP contribution is 2.23. The van der Waals surface area contributed by atoms with Crippen LogP contribution >= 0.6 is 0 Å². The third-order valence-electron chi connectivity index (χ3n) is 3.80. The van der Waals surface area contributed by atoms with Crippen LogP contribution in [0.15, 0.2) is 53.4 Å². The summed E-state index contributed by atoms with van der Waals surface area (Å²) in [7, 11) is -3.40. The van der Waals surface area contributed by atoms with Crippen LogP contribution in [0.25, 0.3) is 0 Å². The van der Waals surface area contributed by atoms with E-state index in [9.17, 15) is 23.1 Å². The van der Waals surface area contributed by atoms with Crippen molar-refractivity contribution in [2.24, 2.45) is 0 Å². The molecule has 0 radical (unpaired) electrons. The molecule has 2 aromatic carbocycles. The Bertz CT molecular complexity index is 891. The van der Waals surface area contributed by atoms with Crippen LogP contribution < -0.4 is 5.32 Å². The maximum absolute atomic E-state index is 12.3. The van der Waals surface area contributed by atoms with Crippen molar-refractivity contribution in [3.63, 3.8) is 0 Å². The zero-order chi connectivity index (χ0) is 18.6. The first-order valence-electron chi connectivity index (χ1n) is 7.57. The Labute approximate surface area is 146 Å². The maximum atomic E-state index is 12.3. The zero-order valence-electron chi connectivity index (χ0n) is 13.9. The number of benzene rings is 2. The van der Waals surface area contributed by atoms with Gasteiger partial charge in [-0.15, -0.1) is 0 Å². The molecule has 7 heteroatoms. The molecule has 0 aliphatic rings. The van der Waals surface area contributed by atoms with Crippen LogP contribution in [0.4, 0.5) is 5.69 Å². The number of amides is 1. The fourth-order valence-corrected chi connectivity index (χ4v) is 3.03. The summed E-state index contributed by atoms with van der Waals surface area (Å²) in [4.78, 5) is 23.9. The second-order valence-corrected chi connectivity index (χ2v) is 7.82. The summed E-state index contributed by atoms with van der Waals surface area (Å²) in [6.45, 7) is 1.73. The molecule has 6 nitrogen and oxygen atoms in total. The molecule has 0 aliphatic heterocycles. The minimum absolute atomic E-state index is 0.0891. The number of hydrogen-bond acceptors (Lipinski definition) is 4. The summed E-state index contributed by atoms with van der Waals surface area (Å²) in [5, 5.41) is 12.0. The first kappa shape index (κ1) is 18.7. The van der Waals surface area contributed by atoms with Gasteiger partial charge in [0.1, 0.15) is 0 Å². The van der Waals surface area contributed by atoms with E-state index in [1.807, 2.05) is 0 Å². The van der Waals surface area contributed by atoms with E-state index in [4.69, 9.17) is 0 Å². The summed E-state index contributed by atoms with van der Waals surface area (Å²) >= 11 is 0. The lowest BCUT2D eigenvalue weighted by molar-refractivity contribution is -0.140. The molecule has 2 rings (SSSR count). The van der Waals surface area contributed by atoms with Gasteiger partial charge in [-0.2, -0.15) is 0 Å². The lowest BCUT2D eigenvalue weighted by Crippen LogP contribution is -2.21. The average Bonchev–Trinajstić information content (AvgIpc) is 2.54. The Morgan fingerprint density at radius 1 is 1.12 bits per heavy atom. The fraction of sp³-hybridized carbons (Fsp3) is 0.222. The van der Waals surface area contributed by atoms with Gasteiger partial charge >= 0.3 is 5.97 Å². The van der Waals surface area contributed by atoms with Crippen molar-refractivity contribution in [2.45, 2.75) is 24.2 Å². The molecule has 25 heavy (non-hydrogen) atoms. The van der Waals surface area contributed by atoms with E-state index in [1.54, 1.807) is 43.3 Å². The minimum Gasteiger partial charge on any atom is -0.481 e. The Hall–Kier alpha value is -2.67. The van der Waals surface area contributed by atoms with E-state index in [2.05, 4.69) is 5.32 Å². The normalized spacial score (nSPS) is 12.4. The van der Waals surface area contributed by atoms with E-state index in [1.165, 1.54) is 12.1 Å². The Kier molecular flexibility index (Phi) is 5.58. The number of rotatable bonds is 6. The smallest absolute Gasteiger partial charge is 0.311 e. The van der Waals surface area contributed by atoms with Gasteiger partial charge in [-0.1, -0.05) is 36.4 Å². The Balaban J connectivity index is 2.20. The van der Waals surface area contributed by atoms with Gasteiger partial charge in [0.25, 0.3) is 0 Å². The third-order valence-corrected chi connectivity index (χ3v) is 4.91. The third kappa shape index (κ3) is 4.90. The van der Waals surface area contributed by atoms with Gasteiger partial charge in [0.2, 0.25) is 5.91 Å². The number of carboxylic acid groups (broad SMARTS) is 1. The number of anilines is 1. The number of aliphatic carboxylic acids is 1. The van der Waals surface area contributed by atoms with Crippen molar-refractivity contribution < 1.29 is 23.1 Å². The van der Waals surface area contributed by atoms with E-state index in [0.717, 1.165) is 6.26 Å². The number of nitrogens with one attached hydrogen (secondary N) is 1. The lowest BCUT2D eigenvalue weighted by atomic mass is 9.95. The van der Waals surface area contributed by atoms with Crippen LogP contribution in [0, 0.1) is 6.92 Å². The van der Waals surface area contributed by atoms with Gasteiger partial charge in [0, 0.05) is 18.4 Å². The topological polar surface area (TPSA) is 101 Å². The monoisotopic (exact) mass is 361 g/mol. The van der Waals surface area contributed by atoms with Gasteiger partial charge in [-0.3, -0.25) is 9.59 Å². The molecule has 0 aliphatic carbocycles. The highest BCUT2D eigenvalue weighted by Gasteiger charge is 2.23. The molecule has 2 aromatic rings. The highest BCUT2D eigenvalue weighted by atomic mass is 32.2. The largest absolute Gasteiger partial charge is 0.481 e. The molecule has 2 N–H and O–H groups in total. The number of sulfone groups is 1. The van der Waals surface area contributed by atoms with Gasteiger partial charge in [-0.05, 0) is 30.2 Å². The zero-order valence-corrected chi connectivity index (χ0v) is 14.7. The molecule has 0 fully saturated rings. The average molecular weight is 361 g/mol. The summed E-state index contributed by atoms with van der Waals surface area (Å²) in [5.41, 5.74) is 1.57. The maximum Gasteiger partial charge on any atom is 0.311 e. The van der Waals surface area contributed by atoms with E-state index >= 15 is 0 Å². The van der Waals surface area contributed by atoms with Crippen LogP contribution in [0.1, 0.15) is 23.5 Å². The lowest BCUT2D eigenvalue weighted by Gasteiger charge is -2.14. The molecule has 1 atom stereocenters. The first-order valence-corrected chi connectivity index (χ1v) is 9.46. The predicted octanol–water partition coefficient (Wildman–Crippen LogP) is 2.60. The van der Waals surface area contributed by atoms with Crippen molar-refractivity contribution in [3.8, 4) is 0 Å². The summed E-state index contributed by atoms with van der Waals surface area (Å²) in [6, 6.07) is 12.9. The van der Waals surface area contributed by atoms with Crippen LogP contribution in [0.3, 0.4) is 0 Å². The number of carbonyl (C=O) groups is 2. The fourth-order valence-electron chi connectivity index (χ4n) is 2.39. The number of aryl methyl sites for hydroxylation is 1. The standard InChI is InChI=1S/C18H19NO5S/c1-12-8-9-14(25(2,23)24)10-16(12)19-17(20)11-15(18(21)22)13-6-4-3-5-7-13/h3-10,15H,11H2,1-2H3,(H,19,20)(H,21,22)/t15-/m1/s1.